The van der Waals surface area contributed by atoms with Crippen molar-refractivity contribution in [2.45, 2.75) is 71.1 Å². The van der Waals surface area contributed by atoms with Gasteiger partial charge in [-0.3, -0.25) is 4.79 Å². The monoisotopic (exact) mass is 561 g/mol. The van der Waals surface area contributed by atoms with Crippen molar-refractivity contribution in [3.05, 3.63) is 52.2 Å². The van der Waals surface area contributed by atoms with E-state index in [-0.39, 0.29) is 29.0 Å². The molecular formula is C28H37ClFN5O4. The van der Waals surface area contributed by atoms with E-state index in [1.807, 2.05) is 27.7 Å². The van der Waals surface area contributed by atoms with Crippen LogP contribution >= 0.6 is 11.6 Å². The van der Waals surface area contributed by atoms with E-state index in [9.17, 15) is 19.1 Å². The Morgan fingerprint density at radius 2 is 1.95 bits per heavy atom. The molecule has 212 valence electrons. The predicted molar refractivity (Wildman–Crippen MR) is 147 cm³/mol. The summed E-state index contributed by atoms with van der Waals surface area (Å²) in [5.74, 6) is -0.506. The third-order valence-electron chi connectivity index (χ3n) is 7.87. The number of halogens is 2. The van der Waals surface area contributed by atoms with Crippen LogP contribution in [0.25, 0.3) is 0 Å². The summed E-state index contributed by atoms with van der Waals surface area (Å²) < 4.78 is 20.1. The van der Waals surface area contributed by atoms with Gasteiger partial charge in [0.2, 0.25) is 5.91 Å². The molecule has 0 bridgehead atoms. The lowest BCUT2D eigenvalue weighted by Crippen LogP contribution is -2.60. The fraction of sp³-hybridized carbons (Fsp3) is 0.571. The van der Waals surface area contributed by atoms with Gasteiger partial charge in [-0.25, -0.2) is 19.2 Å². The molecule has 2 aliphatic rings. The van der Waals surface area contributed by atoms with E-state index in [0.29, 0.717) is 25.2 Å². The van der Waals surface area contributed by atoms with Crippen LogP contribution in [-0.4, -0.2) is 70.8 Å². The first-order valence-corrected chi connectivity index (χ1v) is 13.6. The summed E-state index contributed by atoms with van der Waals surface area (Å²) in [4.78, 5) is 38.8. The lowest BCUT2D eigenvalue weighted by molar-refractivity contribution is -0.135. The smallest absolute Gasteiger partial charge is 0.405 e. The Bertz CT molecular complexity index is 1240. The van der Waals surface area contributed by atoms with Gasteiger partial charge in [0.05, 0.1) is 10.7 Å². The molecule has 1 aliphatic carbocycles. The predicted octanol–water partition coefficient (Wildman–Crippen LogP) is 4.97. The number of nitrogens with zero attached hydrogens (tertiary/aromatic N) is 4. The molecule has 11 heteroatoms. The highest BCUT2D eigenvalue weighted by Gasteiger charge is 2.43. The van der Waals surface area contributed by atoms with E-state index in [1.54, 1.807) is 24.4 Å². The molecule has 1 fully saturated rings. The Morgan fingerprint density at radius 1 is 1.23 bits per heavy atom. The first-order valence-electron chi connectivity index (χ1n) is 13.2. The van der Waals surface area contributed by atoms with Crippen LogP contribution < -0.4 is 10.2 Å². The van der Waals surface area contributed by atoms with Gasteiger partial charge in [0.25, 0.3) is 0 Å². The Morgan fingerprint density at radius 3 is 2.54 bits per heavy atom. The number of fused-ring (bicyclic) bond motifs is 1. The van der Waals surface area contributed by atoms with Gasteiger partial charge >= 0.3 is 6.09 Å². The second-order valence-corrected chi connectivity index (χ2v) is 12.0. The summed E-state index contributed by atoms with van der Waals surface area (Å²) in [7, 11) is 1.69. The quantitative estimate of drug-likeness (QED) is 0.513. The molecule has 0 spiro atoms. The average molecular weight is 562 g/mol. The summed E-state index contributed by atoms with van der Waals surface area (Å²) in [5.41, 5.74) is 1.92. The first kappa shape index (κ1) is 29.0. The van der Waals surface area contributed by atoms with Gasteiger partial charge in [-0.05, 0) is 42.4 Å². The van der Waals surface area contributed by atoms with Crippen LogP contribution in [0.3, 0.4) is 0 Å². The topological polar surface area (TPSA) is 108 Å². The molecule has 1 aromatic carbocycles. The van der Waals surface area contributed by atoms with Crippen LogP contribution in [0.2, 0.25) is 5.02 Å². The molecule has 39 heavy (non-hydrogen) atoms. The zero-order chi connectivity index (χ0) is 28.6. The summed E-state index contributed by atoms with van der Waals surface area (Å²) in [6, 6.07) is 3.17. The lowest BCUT2D eigenvalue weighted by Gasteiger charge is -2.44. The molecule has 1 saturated heterocycles. The Hall–Kier alpha value is -2.98. The summed E-state index contributed by atoms with van der Waals surface area (Å²) in [6.07, 6.45) is 1.02. The number of carboxylic acid groups (broad SMARTS) is 1. The molecule has 0 radical (unpaired) electrons. The van der Waals surface area contributed by atoms with Crippen molar-refractivity contribution < 1.29 is 23.8 Å². The first-order chi connectivity index (χ1) is 18.3. The van der Waals surface area contributed by atoms with Gasteiger partial charge in [-0.15, -0.1) is 0 Å². The fourth-order valence-corrected chi connectivity index (χ4v) is 6.22. The number of nitrogens with one attached hydrogen (secondary N) is 1. The minimum Gasteiger partial charge on any atom is -0.465 e. The van der Waals surface area contributed by atoms with Crippen molar-refractivity contribution >= 4 is 29.4 Å². The number of methoxy groups -OCH3 is 1. The second kappa shape index (κ2) is 11.3. The summed E-state index contributed by atoms with van der Waals surface area (Å²) in [6.45, 7) is 11.2. The fourth-order valence-electron chi connectivity index (χ4n) is 6.10. The normalized spacial score (nSPS) is 22.8. The molecule has 9 nitrogen and oxygen atoms in total. The Balaban J connectivity index is 1.61. The number of ether oxygens (including phenoxy) is 1. The molecule has 2 heterocycles. The van der Waals surface area contributed by atoms with Gasteiger partial charge in [-0.1, -0.05) is 45.4 Å². The maximum atomic E-state index is 14.4. The van der Waals surface area contributed by atoms with Gasteiger partial charge in [-0.2, -0.15) is 0 Å². The molecular weight excluding hydrogens is 525 g/mol. The third-order valence-corrected chi connectivity index (χ3v) is 8.18. The van der Waals surface area contributed by atoms with E-state index >= 15 is 0 Å². The van der Waals surface area contributed by atoms with E-state index < -0.39 is 29.3 Å². The number of benzene rings is 1. The van der Waals surface area contributed by atoms with E-state index in [1.165, 1.54) is 12.1 Å². The Kier molecular flexibility index (Phi) is 8.37. The second-order valence-electron chi connectivity index (χ2n) is 11.6. The van der Waals surface area contributed by atoms with E-state index in [2.05, 4.69) is 27.1 Å². The van der Waals surface area contributed by atoms with Crippen molar-refractivity contribution in [1.82, 2.24) is 20.2 Å². The molecule has 2 N–H and O–H groups in total. The number of carbonyl (C=O) groups excluding carboxylic acids is 1. The van der Waals surface area contributed by atoms with Gasteiger partial charge in [0.1, 0.15) is 30.1 Å². The van der Waals surface area contributed by atoms with Crippen molar-refractivity contribution in [3.63, 3.8) is 0 Å². The maximum Gasteiger partial charge on any atom is 0.405 e. The molecule has 1 unspecified atom stereocenters. The Labute approximate surface area is 233 Å². The molecule has 2 aromatic rings. The molecule has 1 aromatic heterocycles. The van der Waals surface area contributed by atoms with Gasteiger partial charge < -0.3 is 25.0 Å². The number of piperazine rings is 1. The number of rotatable bonds is 6. The lowest BCUT2D eigenvalue weighted by atomic mass is 9.71. The van der Waals surface area contributed by atoms with E-state index in [0.717, 1.165) is 23.5 Å². The number of carbonyl (C=O) groups is 2. The zero-order valence-electron chi connectivity index (χ0n) is 23.2. The molecule has 1 aliphatic heterocycles. The highest BCUT2D eigenvalue weighted by atomic mass is 35.5. The minimum atomic E-state index is -1.32. The number of hydrogen-bond acceptors (Lipinski definition) is 6. The molecule has 0 saturated carbocycles. The van der Waals surface area contributed by atoms with Gasteiger partial charge in [0.15, 0.2) is 0 Å². The van der Waals surface area contributed by atoms with E-state index in [4.69, 9.17) is 16.3 Å². The van der Waals surface area contributed by atoms with Crippen molar-refractivity contribution in [2.24, 2.45) is 5.41 Å². The van der Waals surface area contributed by atoms with Crippen molar-refractivity contribution in [3.8, 4) is 0 Å². The SMILES string of the molecule is CO[C@@H]1C[C@@H](C)c2c1ncnc2N1CCN(C(=O)C(NC(=O)O)[C@@H](c2ccc(Cl)c(F)c2)C(C)(C)C)C[C@@H]1C. The number of aromatic nitrogens is 2. The highest BCUT2D eigenvalue weighted by molar-refractivity contribution is 6.30. The van der Waals surface area contributed by atoms with Gasteiger partial charge in [0, 0.05) is 44.3 Å². The molecule has 4 rings (SSSR count). The molecule has 2 amide bonds. The van der Waals surface area contributed by atoms with Crippen LogP contribution in [-0.2, 0) is 9.53 Å². The summed E-state index contributed by atoms with van der Waals surface area (Å²) in [5, 5.41) is 12.1. The van der Waals surface area contributed by atoms with Crippen LogP contribution in [0.5, 0.6) is 0 Å². The van der Waals surface area contributed by atoms with Crippen molar-refractivity contribution in [2.75, 3.05) is 31.6 Å². The van der Waals surface area contributed by atoms with Crippen LogP contribution in [0.1, 0.15) is 75.8 Å². The van der Waals surface area contributed by atoms with Crippen LogP contribution in [0.4, 0.5) is 15.0 Å². The van der Waals surface area contributed by atoms with Crippen molar-refractivity contribution in [1.29, 1.82) is 0 Å². The number of amides is 2. The zero-order valence-corrected chi connectivity index (χ0v) is 24.0. The highest BCUT2D eigenvalue weighted by Crippen LogP contribution is 2.45. The number of hydrogen-bond donors (Lipinski definition) is 2. The van der Waals surface area contributed by atoms with Crippen LogP contribution in [0, 0.1) is 11.2 Å². The molecule has 5 atom stereocenters. The van der Waals surface area contributed by atoms with Crippen LogP contribution in [0.15, 0.2) is 24.5 Å². The third kappa shape index (κ3) is 5.82. The standard InChI is InChI=1S/C28H37ClFN5O4/c1-15-11-20(39-6)23-21(15)25(32-14-31-23)35-10-9-34(13-16(35)2)26(36)24(33-27(37)38)22(28(3,4)5)17-7-8-18(29)19(30)12-17/h7-8,12,14-16,20,22,24,33H,9-11,13H2,1-6H3,(H,37,38)/t15-,16+,20-,22-,24?/m1/s1. The average Bonchev–Trinajstić information content (AvgIpc) is 3.20. The number of anilines is 1. The summed E-state index contributed by atoms with van der Waals surface area (Å²) >= 11 is 5.91. The minimum absolute atomic E-state index is 0.0345. The largest absolute Gasteiger partial charge is 0.465 e. The maximum absolute atomic E-state index is 14.4.